The Balaban J connectivity index is 1.59. The van der Waals surface area contributed by atoms with Crippen LogP contribution < -0.4 is 5.56 Å². The first-order valence-corrected chi connectivity index (χ1v) is 12.6. The lowest BCUT2D eigenvalue weighted by Crippen LogP contribution is -2.21. The number of aromatic nitrogens is 5. The minimum absolute atomic E-state index is 0.0761. The summed E-state index contributed by atoms with van der Waals surface area (Å²) in [5.74, 6) is 0.256. The Bertz CT molecular complexity index is 1710. The van der Waals surface area contributed by atoms with E-state index in [0.717, 1.165) is 6.42 Å². The van der Waals surface area contributed by atoms with Crippen molar-refractivity contribution in [2.45, 2.75) is 39.3 Å². The molecule has 182 valence electrons. The lowest BCUT2D eigenvalue weighted by atomic mass is 10.1. The molecule has 0 fully saturated rings. The van der Waals surface area contributed by atoms with Crippen LogP contribution in [0, 0.1) is 13.8 Å². The van der Waals surface area contributed by atoms with E-state index in [4.69, 9.17) is 0 Å². The van der Waals surface area contributed by atoms with Gasteiger partial charge in [0.05, 0.1) is 28.0 Å². The summed E-state index contributed by atoms with van der Waals surface area (Å²) < 4.78 is 3.37. The van der Waals surface area contributed by atoms with Crippen molar-refractivity contribution < 1.29 is 9.59 Å². The Morgan fingerprint density at radius 3 is 2.42 bits per heavy atom. The number of para-hydroxylation sites is 1. The van der Waals surface area contributed by atoms with E-state index in [-0.39, 0.29) is 22.9 Å². The largest absolute Gasteiger partial charge is 0.355 e. The predicted octanol–water partition coefficient (Wildman–Crippen LogP) is 4.72. The van der Waals surface area contributed by atoms with Crippen molar-refractivity contribution in [2.75, 3.05) is 5.75 Å². The second-order valence-electron chi connectivity index (χ2n) is 8.69. The third-order valence-electron chi connectivity index (χ3n) is 6.40. The minimum Gasteiger partial charge on any atom is -0.355 e. The van der Waals surface area contributed by atoms with Crippen LogP contribution in [-0.2, 0) is 6.42 Å². The molecule has 9 heteroatoms. The lowest BCUT2D eigenvalue weighted by molar-refractivity contribution is 0.101. The van der Waals surface area contributed by atoms with Crippen LogP contribution in [0.3, 0.4) is 0 Å². The van der Waals surface area contributed by atoms with Gasteiger partial charge in [0.1, 0.15) is 0 Å². The number of aryl methyl sites for hydroxylation is 2. The zero-order chi connectivity index (χ0) is 25.6. The minimum atomic E-state index is -0.184. The van der Waals surface area contributed by atoms with Crippen molar-refractivity contribution in [2.24, 2.45) is 0 Å². The molecule has 0 saturated heterocycles. The Kier molecular flexibility index (Phi) is 6.09. The normalized spacial score (nSPS) is 11.4. The molecule has 2 aromatic carbocycles. The zero-order valence-corrected chi connectivity index (χ0v) is 21.3. The number of fused-ring (bicyclic) bond motifs is 3. The highest BCUT2D eigenvalue weighted by molar-refractivity contribution is 7.99. The van der Waals surface area contributed by atoms with Crippen LogP contribution in [0.25, 0.3) is 22.4 Å². The van der Waals surface area contributed by atoms with Gasteiger partial charge in [0.2, 0.25) is 5.78 Å². The van der Waals surface area contributed by atoms with Gasteiger partial charge in [-0.3, -0.25) is 18.8 Å². The van der Waals surface area contributed by atoms with Crippen LogP contribution in [0.5, 0.6) is 0 Å². The van der Waals surface area contributed by atoms with Crippen LogP contribution in [-0.4, -0.2) is 41.5 Å². The molecule has 3 heterocycles. The molecule has 0 unspecified atom stereocenters. The summed E-state index contributed by atoms with van der Waals surface area (Å²) >= 11 is 1.24. The maximum absolute atomic E-state index is 13.5. The van der Waals surface area contributed by atoms with Crippen molar-refractivity contribution in [1.29, 1.82) is 0 Å². The third kappa shape index (κ3) is 3.85. The molecule has 5 aromatic rings. The zero-order valence-electron chi connectivity index (χ0n) is 20.5. The molecule has 0 amide bonds. The summed E-state index contributed by atoms with van der Waals surface area (Å²) in [4.78, 5) is 41.6. The van der Waals surface area contributed by atoms with Gasteiger partial charge < -0.3 is 4.98 Å². The van der Waals surface area contributed by atoms with E-state index in [1.54, 1.807) is 24.5 Å². The van der Waals surface area contributed by atoms with Gasteiger partial charge in [-0.25, -0.2) is 4.57 Å². The maximum atomic E-state index is 13.5. The molecule has 0 atom stereocenters. The van der Waals surface area contributed by atoms with E-state index in [2.05, 4.69) is 22.1 Å². The SMILES string of the molecule is CCc1ccc(-n2c(=O)c3ccccc3n3c(SCC(=O)c4[nH]c(C)c(C(C)=O)c4C)nnc23)cc1. The number of nitrogens with zero attached hydrogens (tertiary/aromatic N) is 4. The van der Waals surface area contributed by atoms with Gasteiger partial charge in [-0.05, 0) is 62.6 Å². The molecule has 0 spiro atoms. The first kappa shape index (κ1) is 23.7. The molecular formula is C27H25N5O3S. The number of benzene rings is 2. The fraction of sp³-hybridized carbons (Fsp3) is 0.222. The molecule has 0 aliphatic rings. The number of hydrogen-bond donors (Lipinski definition) is 1. The van der Waals surface area contributed by atoms with E-state index >= 15 is 0 Å². The van der Waals surface area contributed by atoms with Crippen molar-refractivity contribution in [3.63, 3.8) is 0 Å². The molecule has 0 radical (unpaired) electrons. The first-order chi connectivity index (χ1) is 17.3. The number of Topliss-reactive ketones (excluding diaryl/α,β-unsaturated/α-hetero) is 2. The number of nitrogens with one attached hydrogen (secondary N) is 1. The molecular weight excluding hydrogens is 474 g/mol. The van der Waals surface area contributed by atoms with Crippen LogP contribution in [0.4, 0.5) is 0 Å². The molecule has 0 bridgehead atoms. The Hall–Kier alpha value is -3.98. The maximum Gasteiger partial charge on any atom is 0.267 e. The highest BCUT2D eigenvalue weighted by atomic mass is 32.2. The van der Waals surface area contributed by atoms with Crippen LogP contribution in [0.15, 0.2) is 58.5 Å². The topological polar surface area (TPSA) is 102 Å². The Labute approximate surface area is 211 Å². The van der Waals surface area contributed by atoms with Crippen LogP contribution >= 0.6 is 11.8 Å². The van der Waals surface area contributed by atoms with Gasteiger partial charge in [-0.1, -0.05) is 43.0 Å². The van der Waals surface area contributed by atoms with Gasteiger partial charge in [0.15, 0.2) is 16.7 Å². The van der Waals surface area contributed by atoms with Gasteiger partial charge in [0.25, 0.3) is 5.56 Å². The molecule has 0 aliphatic carbocycles. The molecule has 3 aromatic heterocycles. The van der Waals surface area contributed by atoms with Crippen molar-refractivity contribution in [3.8, 4) is 5.69 Å². The summed E-state index contributed by atoms with van der Waals surface area (Å²) in [5, 5.41) is 9.72. The van der Waals surface area contributed by atoms with E-state index < -0.39 is 0 Å². The van der Waals surface area contributed by atoms with Gasteiger partial charge in [0, 0.05) is 11.3 Å². The van der Waals surface area contributed by atoms with Crippen LogP contribution in [0.1, 0.15) is 51.5 Å². The number of carbonyl (C=O) groups is 2. The highest BCUT2D eigenvalue weighted by Crippen LogP contribution is 2.25. The molecule has 8 nitrogen and oxygen atoms in total. The van der Waals surface area contributed by atoms with Crippen molar-refractivity contribution in [1.82, 2.24) is 24.1 Å². The average Bonchev–Trinajstić information content (AvgIpc) is 3.43. The molecule has 5 rings (SSSR count). The lowest BCUT2D eigenvalue weighted by Gasteiger charge is -2.11. The molecule has 0 aliphatic heterocycles. The van der Waals surface area contributed by atoms with Crippen LogP contribution in [0.2, 0.25) is 0 Å². The number of rotatable bonds is 7. The van der Waals surface area contributed by atoms with E-state index in [1.165, 1.54) is 24.2 Å². The predicted molar refractivity (Wildman–Crippen MR) is 141 cm³/mol. The van der Waals surface area contributed by atoms with Gasteiger partial charge >= 0.3 is 0 Å². The molecule has 36 heavy (non-hydrogen) atoms. The highest BCUT2D eigenvalue weighted by Gasteiger charge is 2.22. The Morgan fingerprint density at radius 1 is 1.03 bits per heavy atom. The number of thioether (sulfide) groups is 1. The van der Waals surface area contributed by atoms with E-state index in [0.29, 0.717) is 50.0 Å². The number of carbonyl (C=O) groups excluding carboxylic acids is 2. The van der Waals surface area contributed by atoms with Crippen molar-refractivity contribution in [3.05, 3.63) is 87.0 Å². The molecule has 1 N–H and O–H groups in total. The summed E-state index contributed by atoms with van der Waals surface area (Å²) in [6.45, 7) is 7.14. The second kappa shape index (κ2) is 9.23. The summed E-state index contributed by atoms with van der Waals surface area (Å²) in [5.41, 5.74) is 4.68. The van der Waals surface area contributed by atoms with Crippen molar-refractivity contribution >= 4 is 40.0 Å². The Morgan fingerprint density at radius 2 is 1.75 bits per heavy atom. The quantitative estimate of drug-likeness (QED) is 0.257. The fourth-order valence-electron chi connectivity index (χ4n) is 4.64. The number of H-pyrrole nitrogens is 1. The number of hydrogen-bond acceptors (Lipinski definition) is 6. The standard InChI is InChI=1S/C27H25N5O3S/c1-5-18-10-12-19(13-11-18)31-25(35)20-8-6-7-9-21(20)32-26(31)29-30-27(32)36-14-22(34)24-15(2)23(17(4)33)16(3)28-24/h6-13,28H,5,14H2,1-4H3. The second-order valence-corrected chi connectivity index (χ2v) is 9.63. The van der Waals surface area contributed by atoms with E-state index in [9.17, 15) is 14.4 Å². The van der Waals surface area contributed by atoms with E-state index in [1.807, 2.05) is 46.9 Å². The smallest absolute Gasteiger partial charge is 0.267 e. The average molecular weight is 500 g/mol. The summed E-state index contributed by atoms with van der Waals surface area (Å²) in [7, 11) is 0. The summed E-state index contributed by atoms with van der Waals surface area (Å²) in [6.07, 6.45) is 0.899. The monoisotopic (exact) mass is 499 g/mol. The fourth-order valence-corrected chi connectivity index (χ4v) is 5.46. The number of ketones is 2. The third-order valence-corrected chi connectivity index (χ3v) is 7.33. The summed E-state index contributed by atoms with van der Waals surface area (Å²) in [6, 6.07) is 15.1. The van der Waals surface area contributed by atoms with Gasteiger partial charge in [-0.2, -0.15) is 0 Å². The number of aromatic amines is 1. The molecule has 0 saturated carbocycles. The first-order valence-electron chi connectivity index (χ1n) is 11.7. The van der Waals surface area contributed by atoms with Gasteiger partial charge in [-0.15, -0.1) is 10.2 Å².